The van der Waals surface area contributed by atoms with Crippen LogP contribution in [0.2, 0.25) is 0 Å². The van der Waals surface area contributed by atoms with Crippen molar-refractivity contribution in [2.75, 3.05) is 25.0 Å². The Morgan fingerprint density at radius 2 is 1.70 bits per heavy atom. The topological polar surface area (TPSA) is 96.7 Å². The normalized spacial score (nSPS) is 19.1. The molecule has 12 heteroatoms. The van der Waals surface area contributed by atoms with Gasteiger partial charge in [-0.15, -0.1) is 0 Å². The molecule has 47 heavy (non-hydrogen) atoms. The van der Waals surface area contributed by atoms with Crippen molar-refractivity contribution in [3.63, 3.8) is 0 Å². The molecule has 254 valence electrons. The summed E-state index contributed by atoms with van der Waals surface area (Å²) in [4.78, 5) is 23.0. The molecule has 0 bridgehead atoms. The van der Waals surface area contributed by atoms with Crippen molar-refractivity contribution in [2.24, 2.45) is 18.9 Å². The summed E-state index contributed by atoms with van der Waals surface area (Å²) in [5.41, 5.74) is 3.88. The maximum Gasteiger partial charge on any atom is 0.416 e. The highest BCUT2D eigenvalue weighted by Gasteiger charge is 2.36. The van der Waals surface area contributed by atoms with Gasteiger partial charge < -0.3 is 28.8 Å². The predicted octanol–water partition coefficient (Wildman–Crippen LogP) is 7.75. The van der Waals surface area contributed by atoms with Crippen molar-refractivity contribution < 1.29 is 32.6 Å². The third-order valence-electron chi connectivity index (χ3n) is 8.56. The van der Waals surface area contributed by atoms with Gasteiger partial charge in [-0.1, -0.05) is 19.1 Å². The average molecular weight is 673 g/mol. The highest BCUT2D eigenvalue weighted by molar-refractivity contribution is 8.00. The Morgan fingerprint density at radius 3 is 2.28 bits per heavy atom. The van der Waals surface area contributed by atoms with E-state index in [-0.39, 0.29) is 12.4 Å². The number of benzene rings is 3. The number of carboxylic acid groups (broad SMARTS) is 1. The highest BCUT2D eigenvalue weighted by atomic mass is 32.2. The molecule has 3 aromatic carbocycles. The summed E-state index contributed by atoms with van der Waals surface area (Å²) in [6.07, 6.45) is -1.60. The van der Waals surface area contributed by atoms with Crippen LogP contribution in [0.3, 0.4) is 0 Å². The molecule has 4 atom stereocenters. The van der Waals surface area contributed by atoms with E-state index in [1.54, 1.807) is 11.9 Å². The van der Waals surface area contributed by atoms with E-state index in [1.807, 2.05) is 21.0 Å². The van der Waals surface area contributed by atoms with Gasteiger partial charge in [-0.05, 0) is 124 Å². The van der Waals surface area contributed by atoms with Crippen molar-refractivity contribution >= 4 is 41.4 Å². The summed E-state index contributed by atoms with van der Waals surface area (Å²) in [7, 11) is 6.10. The van der Waals surface area contributed by atoms with Gasteiger partial charge in [0.25, 0.3) is 6.47 Å². The predicted molar refractivity (Wildman–Crippen MR) is 181 cm³/mol. The minimum atomic E-state index is -4.35. The highest BCUT2D eigenvalue weighted by Crippen LogP contribution is 2.42. The van der Waals surface area contributed by atoms with Gasteiger partial charge in [-0.2, -0.15) is 13.2 Å². The zero-order valence-electron chi connectivity index (χ0n) is 27.5. The van der Waals surface area contributed by atoms with Crippen LogP contribution in [-0.4, -0.2) is 54.2 Å². The molecule has 1 aliphatic carbocycles. The maximum absolute atomic E-state index is 12.9. The van der Waals surface area contributed by atoms with Gasteiger partial charge in [-0.25, -0.2) is 4.98 Å². The second kappa shape index (κ2) is 17.2. The van der Waals surface area contributed by atoms with Gasteiger partial charge in [0.15, 0.2) is 0 Å². The average Bonchev–Trinajstić information content (AvgIpc) is 3.33. The van der Waals surface area contributed by atoms with E-state index in [4.69, 9.17) is 19.4 Å². The van der Waals surface area contributed by atoms with Gasteiger partial charge in [0, 0.05) is 30.7 Å². The molecule has 1 fully saturated rings. The van der Waals surface area contributed by atoms with Crippen LogP contribution in [0.1, 0.15) is 49.6 Å². The number of hydrogen-bond acceptors (Lipinski definition) is 7. The fourth-order valence-corrected chi connectivity index (χ4v) is 6.70. The number of aryl methyl sites for hydroxylation is 2. The lowest BCUT2D eigenvalue weighted by atomic mass is 9.68. The summed E-state index contributed by atoms with van der Waals surface area (Å²) in [5, 5.41) is 10.3. The van der Waals surface area contributed by atoms with Crippen LogP contribution in [0, 0.1) is 18.8 Å². The van der Waals surface area contributed by atoms with Gasteiger partial charge in [0.05, 0.1) is 23.2 Å². The fraction of sp³-hybridized carbons (Fsp3) is 0.400. The van der Waals surface area contributed by atoms with Gasteiger partial charge in [0.1, 0.15) is 17.9 Å². The Kier molecular flexibility index (Phi) is 13.7. The zero-order chi connectivity index (χ0) is 34.7. The number of carbonyl (C=O) groups excluding carboxylic acids is 1. The van der Waals surface area contributed by atoms with Crippen molar-refractivity contribution in [1.82, 2.24) is 14.9 Å². The molecule has 0 aliphatic heterocycles. The molecule has 1 aliphatic rings. The van der Waals surface area contributed by atoms with E-state index in [0.717, 1.165) is 58.7 Å². The second-order valence-electron chi connectivity index (χ2n) is 11.4. The van der Waals surface area contributed by atoms with Crippen LogP contribution >= 0.6 is 11.9 Å². The molecule has 0 spiro atoms. The molecule has 1 heterocycles. The summed E-state index contributed by atoms with van der Waals surface area (Å²) >= 11 is 1.67. The molecule has 1 saturated carbocycles. The summed E-state index contributed by atoms with van der Waals surface area (Å²) in [5.74, 6) is 2.45. The first kappa shape index (κ1) is 37.4. The van der Waals surface area contributed by atoms with E-state index < -0.39 is 11.7 Å². The van der Waals surface area contributed by atoms with E-state index in [2.05, 4.69) is 75.6 Å². The minimum absolute atomic E-state index is 0.250. The SMILES string of the molecule is CC=O.CN[C@@H]1CC(COc2ccc(C(F)(F)F)cc2)[C@H](C)C(c2ccc(N(C)Sc3ccc4c(c3)nc(C)n4C)cc2)C1.O=CO. The standard InChI is InChI=1S/C32H37F3N4OS.C2H4O.CH2O2/c1-20-23(19-40-27-12-8-24(9-13-27)32(33,34)35)16-25(36-3)17-29(20)22-6-10-26(11-7-22)39(5)41-28-14-15-31-30(18-28)37-21(2)38(31)4;1-2-3;2-1-3/h6-15,18,20,23,25,29,36H,16-17,19H2,1-5H3;2H,1H3;1H,(H,2,3)/t20-,23?,25+,29?;;/m0../s1. The second-order valence-corrected chi connectivity index (χ2v) is 12.6. The molecule has 5 rings (SSSR count). The lowest BCUT2D eigenvalue weighted by molar-refractivity contribution is -0.137. The first-order chi connectivity index (χ1) is 22.4. The Hall–Kier alpha value is -4.03. The van der Waals surface area contributed by atoms with Crippen LogP contribution < -0.4 is 14.4 Å². The van der Waals surface area contributed by atoms with E-state index in [0.29, 0.717) is 30.2 Å². The number of nitrogens with one attached hydrogen (secondary N) is 1. The largest absolute Gasteiger partial charge is 0.493 e. The van der Waals surface area contributed by atoms with Crippen LogP contribution in [0.4, 0.5) is 18.9 Å². The van der Waals surface area contributed by atoms with Gasteiger partial charge >= 0.3 is 6.18 Å². The fourth-order valence-electron chi connectivity index (χ4n) is 5.86. The smallest absolute Gasteiger partial charge is 0.416 e. The van der Waals surface area contributed by atoms with Crippen LogP contribution in [0.5, 0.6) is 5.75 Å². The molecular formula is C35H43F3N4O4S. The molecule has 4 aromatic rings. The first-order valence-electron chi connectivity index (χ1n) is 15.3. The molecule has 1 aromatic heterocycles. The van der Waals surface area contributed by atoms with E-state index in [1.165, 1.54) is 24.6 Å². The summed E-state index contributed by atoms with van der Waals surface area (Å²) < 4.78 is 49.0. The third kappa shape index (κ3) is 9.98. The monoisotopic (exact) mass is 672 g/mol. The zero-order valence-corrected chi connectivity index (χ0v) is 28.3. The van der Waals surface area contributed by atoms with Crippen molar-refractivity contribution in [1.29, 1.82) is 0 Å². The molecule has 2 unspecified atom stereocenters. The van der Waals surface area contributed by atoms with Crippen molar-refractivity contribution in [3.05, 3.63) is 83.7 Å². The lowest BCUT2D eigenvalue weighted by Gasteiger charge is -2.40. The molecule has 2 N–H and O–H groups in total. The number of ether oxygens (including phenoxy) is 1. The molecular weight excluding hydrogens is 629 g/mol. The molecule has 0 radical (unpaired) electrons. The van der Waals surface area contributed by atoms with Crippen molar-refractivity contribution in [2.45, 2.75) is 56.6 Å². The number of rotatable bonds is 8. The third-order valence-corrected chi connectivity index (χ3v) is 9.51. The number of carbonyl (C=O) groups is 2. The molecule has 8 nitrogen and oxygen atoms in total. The number of imidazole rings is 1. The Bertz CT molecular complexity index is 1570. The van der Waals surface area contributed by atoms with Gasteiger partial charge in [0.2, 0.25) is 0 Å². The number of anilines is 1. The number of hydrogen-bond donors (Lipinski definition) is 2. The van der Waals surface area contributed by atoms with E-state index >= 15 is 0 Å². The van der Waals surface area contributed by atoms with Gasteiger partial charge in [-0.3, -0.25) is 4.79 Å². The van der Waals surface area contributed by atoms with Crippen LogP contribution in [0.15, 0.2) is 71.6 Å². The quantitative estimate of drug-likeness (QED) is 0.145. The Labute approximate surface area is 278 Å². The lowest BCUT2D eigenvalue weighted by Crippen LogP contribution is -2.41. The maximum atomic E-state index is 12.9. The van der Waals surface area contributed by atoms with Crippen molar-refractivity contribution in [3.8, 4) is 5.75 Å². The van der Waals surface area contributed by atoms with E-state index in [9.17, 15) is 13.2 Å². The number of alkyl halides is 3. The first-order valence-corrected chi connectivity index (χ1v) is 16.0. The number of aromatic nitrogens is 2. The number of aldehydes is 1. The summed E-state index contributed by atoms with van der Waals surface area (Å²) in [6, 6.07) is 20.5. The Balaban J connectivity index is 0.000000930. The number of halogens is 3. The van der Waals surface area contributed by atoms with Crippen LogP contribution in [0.25, 0.3) is 11.0 Å². The Morgan fingerprint density at radius 1 is 1.09 bits per heavy atom. The molecule has 0 amide bonds. The molecule has 0 saturated heterocycles. The summed E-state index contributed by atoms with van der Waals surface area (Å²) in [6.45, 7) is 5.95. The minimum Gasteiger partial charge on any atom is -0.493 e. The number of nitrogens with zero attached hydrogens (tertiary/aromatic N) is 3. The number of fused-ring (bicyclic) bond motifs is 1. The van der Waals surface area contributed by atoms with Crippen LogP contribution in [-0.2, 0) is 22.8 Å².